The zero-order valence-corrected chi connectivity index (χ0v) is 9.37. The Hall–Kier alpha value is -1.41. The Labute approximate surface area is 99.7 Å². The molecule has 0 aliphatic rings. The third-order valence-corrected chi connectivity index (χ3v) is 2.21. The lowest BCUT2D eigenvalue weighted by Gasteiger charge is -2.18. The second-order valence-electron chi connectivity index (χ2n) is 3.48. The van der Waals surface area contributed by atoms with Crippen LogP contribution in [0.1, 0.15) is 0 Å². The molecule has 102 valence electrons. The van der Waals surface area contributed by atoms with Crippen LogP contribution in [0.3, 0.4) is 0 Å². The quantitative estimate of drug-likeness (QED) is 0.487. The largest absolute Gasteiger partial charge is 0.383 e. The van der Waals surface area contributed by atoms with Crippen molar-refractivity contribution in [2.75, 3.05) is 25.6 Å². The smallest absolute Gasteiger partial charge is 0.200 e. The number of benzene rings is 1. The number of methoxy groups -OCH3 is 1. The van der Waals surface area contributed by atoms with Crippen LogP contribution in [0.4, 0.5) is 27.6 Å². The van der Waals surface area contributed by atoms with Crippen molar-refractivity contribution in [3.63, 3.8) is 0 Å². The molecule has 0 aromatic heterocycles. The minimum Gasteiger partial charge on any atom is -0.383 e. The van der Waals surface area contributed by atoms with E-state index in [9.17, 15) is 22.0 Å². The molecule has 0 aliphatic carbocycles. The third-order valence-electron chi connectivity index (χ3n) is 2.21. The van der Waals surface area contributed by atoms with E-state index in [-0.39, 0.29) is 13.2 Å². The predicted molar refractivity (Wildman–Crippen MR) is 54.6 cm³/mol. The molecule has 3 N–H and O–H groups in total. The van der Waals surface area contributed by atoms with Gasteiger partial charge in [0.1, 0.15) is 5.69 Å². The molecule has 3 nitrogen and oxygen atoms in total. The third kappa shape index (κ3) is 2.70. The second kappa shape index (κ2) is 5.96. The number of rotatable bonds is 5. The molecule has 1 aromatic rings. The van der Waals surface area contributed by atoms with Crippen molar-refractivity contribution in [1.82, 2.24) is 0 Å². The maximum atomic E-state index is 13.3. The number of hydrogen-bond acceptors (Lipinski definition) is 3. The van der Waals surface area contributed by atoms with E-state index in [1.54, 1.807) is 0 Å². The fraction of sp³-hybridized carbons (Fsp3) is 0.400. The number of ether oxygens (including phenoxy) is 1. The van der Waals surface area contributed by atoms with Crippen LogP contribution in [0.5, 0.6) is 0 Å². The molecule has 0 heterocycles. The van der Waals surface area contributed by atoms with Crippen LogP contribution in [0.15, 0.2) is 0 Å². The topological polar surface area (TPSA) is 47.3 Å². The van der Waals surface area contributed by atoms with Gasteiger partial charge < -0.3 is 15.8 Å². The summed E-state index contributed by atoms with van der Waals surface area (Å²) >= 11 is 0. The molecule has 0 saturated heterocycles. The number of anilines is 1. The summed E-state index contributed by atoms with van der Waals surface area (Å²) in [6.07, 6.45) is 0. The summed E-state index contributed by atoms with van der Waals surface area (Å²) in [5.41, 5.74) is 4.15. The Kier molecular flexibility index (Phi) is 4.85. The van der Waals surface area contributed by atoms with E-state index in [1.807, 2.05) is 0 Å². The molecule has 1 unspecified atom stereocenters. The van der Waals surface area contributed by atoms with Crippen LogP contribution >= 0.6 is 0 Å². The Balaban J connectivity index is 3.16. The molecule has 1 atom stereocenters. The molecule has 0 bridgehead atoms. The number of nitrogens with two attached hydrogens (primary N) is 1. The second-order valence-corrected chi connectivity index (χ2v) is 3.48. The molecule has 0 saturated carbocycles. The molecular weight excluding hydrogens is 259 g/mol. The first-order chi connectivity index (χ1) is 8.43. The summed E-state index contributed by atoms with van der Waals surface area (Å²) in [4.78, 5) is 0. The van der Waals surface area contributed by atoms with Gasteiger partial charge in [0.15, 0.2) is 23.3 Å². The van der Waals surface area contributed by atoms with Crippen LogP contribution in [-0.4, -0.2) is 26.3 Å². The molecule has 18 heavy (non-hydrogen) atoms. The van der Waals surface area contributed by atoms with Crippen molar-refractivity contribution >= 4 is 5.69 Å². The van der Waals surface area contributed by atoms with Crippen LogP contribution in [0.2, 0.25) is 0 Å². The number of halogens is 5. The van der Waals surface area contributed by atoms with Gasteiger partial charge in [-0.2, -0.15) is 0 Å². The lowest BCUT2D eigenvalue weighted by molar-refractivity contribution is 0.187. The van der Waals surface area contributed by atoms with Gasteiger partial charge in [0.25, 0.3) is 0 Å². The Morgan fingerprint density at radius 1 is 1.00 bits per heavy atom. The molecule has 0 amide bonds. The summed E-state index contributed by atoms with van der Waals surface area (Å²) in [6, 6.07) is -0.775. The highest BCUT2D eigenvalue weighted by molar-refractivity contribution is 5.48. The summed E-state index contributed by atoms with van der Waals surface area (Å²) < 4.78 is 69.7. The summed E-state index contributed by atoms with van der Waals surface area (Å²) in [5.74, 6) is -10.1. The van der Waals surface area contributed by atoms with E-state index in [4.69, 9.17) is 5.73 Å². The summed E-state index contributed by atoms with van der Waals surface area (Å²) in [5, 5.41) is 2.13. The lowest BCUT2D eigenvalue weighted by atomic mass is 10.2. The average molecular weight is 270 g/mol. The van der Waals surface area contributed by atoms with E-state index in [0.29, 0.717) is 0 Å². The monoisotopic (exact) mass is 270 g/mol. The van der Waals surface area contributed by atoms with Gasteiger partial charge in [0.2, 0.25) is 5.82 Å². The predicted octanol–water partition coefficient (Wildman–Crippen LogP) is 1.77. The van der Waals surface area contributed by atoms with Crippen molar-refractivity contribution < 1.29 is 26.7 Å². The van der Waals surface area contributed by atoms with E-state index in [1.165, 1.54) is 7.11 Å². The SMILES string of the molecule is COCC(CN)Nc1c(F)c(F)c(F)c(F)c1F. The molecule has 0 aliphatic heterocycles. The Bertz CT molecular complexity index is 412. The Morgan fingerprint density at radius 2 is 1.44 bits per heavy atom. The van der Waals surface area contributed by atoms with Crippen molar-refractivity contribution in [2.45, 2.75) is 6.04 Å². The summed E-state index contributed by atoms with van der Waals surface area (Å²) in [7, 11) is 1.31. The minimum atomic E-state index is -2.20. The van der Waals surface area contributed by atoms with Crippen molar-refractivity contribution in [3.8, 4) is 0 Å². The zero-order chi connectivity index (χ0) is 13.9. The van der Waals surface area contributed by atoms with Crippen molar-refractivity contribution in [1.29, 1.82) is 0 Å². The van der Waals surface area contributed by atoms with Gasteiger partial charge in [-0.25, -0.2) is 22.0 Å². The van der Waals surface area contributed by atoms with Crippen molar-refractivity contribution in [3.05, 3.63) is 29.1 Å². The molecule has 1 aromatic carbocycles. The highest BCUT2D eigenvalue weighted by atomic mass is 19.2. The van der Waals surface area contributed by atoms with Crippen LogP contribution in [0.25, 0.3) is 0 Å². The fourth-order valence-electron chi connectivity index (χ4n) is 1.31. The van der Waals surface area contributed by atoms with E-state index >= 15 is 0 Å². The van der Waals surface area contributed by atoms with Crippen LogP contribution in [0, 0.1) is 29.1 Å². The molecular formula is C10H11F5N2O. The van der Waals surface area contributed by atoms with Crippen LogP contribution < -0.4 is 11.1 Å². The van der Waals surface area contributed by atoms with Gasteiger partial charge in [-0.3, -0.25) is 0 Å². The average Bonchev–Trinajstić information content (AvgIpc) is 2.37. The minimum absolute atomic E-state index is 0.0456. The first kappa shape index (κ1) is 14.7. The van der Waals surface area contributed by atoms with Gasteiger partial charge in [0, 0.05) is 13.7 Å². The van der Waals surface area contributed by atoms with Gasteiger partial charge in [-0.1, -0.05) is 0 Å². The summed E-state index contributed by atoms with van der Waals surface area (Å²) in [6.45, 7) is -0.149. The van der Waals surface area contributed by atoms with Gasteiger partial charge >= 0.3 is 0 Å². The maximum Gasteiger partial charge on any atom is 0.200 e. The fourth-order valence-corrected chi connectivity index (χ4v) is 1.31. The molecule has 0 radical (unpaired) electrons. The number of hydrogen-bond donors (Lipinski definition) is 2. The standard InChI is InChI=1S/C10H11F5N2O/c1-18-3-4(2-16)17-10-8(14)6(12)5(11)7(13)9(10)15/h4,17H,2-3,16H2,1H3. The van der Waals surface area contributed by atoms with E-state index < -0.39 is 40.8 Å². The molecule has 8 heteroatoms. The molecule has 1 rings (SSSR count). The lowest BCUT2D eigenvalue weighted by Crippen LogP contribution is -2.34. The van der Waals surface area contributed by atoms with E-state index in [0.717, 1.165) is 0 Å². The van der Waals surface area contributed by atoms with Gasteiger partial charge in [-0.15, -0.1) is 0 Å². The van der Waals surface area contributed by atoms with E-state index in [2.05, 4.69) is 10.1 Å². The first-order valence-electron chi connectivity index (χ1n) is 4.91. The normalized spacial score (nSPS) is 12.6. The first-order valence-corrected chi connectivity index (χ1v) is 4.91. The van der Waals surface area contributed by atoms with Gasteiger partial charge in [0.05, 0.1) is 12.6 Å². The van der Waals surface area contributed by atoms with Crippen molar-refractivity contribution in [2.24, 2.45) is 5.73 Å². The zero-order valence-electron chi connectivity index (χ0n) is 9.37. The number of nitrogens with one attached hydrogen (secondary N) is 1. The maximum absolute atomic E-state index is 13.3. The highest BCUT2D eigenvalue weighted by Gasteiger charge is 2.26. The molecule has 0 fully saturated rings. The Morgan fingerprint density at radius 3 is 1.83 bits per heavy atom. The highest BCUT2D eigenvalue weighted by Crippen LogP contribution is 2.27. The molecule has 0 spiro atoms. The van der Waals surface area contributed by atoms with Gasteiger partial charge in [-0.05, 0) is 0 Å². The van der Waals surface area contributed by atoms with Crippen LogP contribution in [-0.2, 0) is 4.74 Å².